The molecule has 16 heavy (non-hydrogen) atoms. The summed E-state index contributed by atoms with van der Waals surface area (Å²) in [5.41, 5.74) is 1.12. The topological polar surface area (TPSA) is 29.5 Å². The lowest BCUT2D eigenvalue weighted by atomic mass is 9.94. The van der Waals surface area contributed by atoms with E-state index in [-0.39, 0.29) is 12.0 Å². The van der Waals surface area contributed by atoms with Gasteiger partial charge in [-0.25, -0.2) is 0 Å². The van der Waals surface area contributed by atoms with Crippen LogP contribution >= 0.6 is 0 Å². The molecule has 1 aliphatic carbocycles. The maximum Gasteiger partial charge on any atom is 0.276 e. The molecule has 0 atom stereocenters. The minimum atomic E-state index is 0.120. The normalized spacial score (nSPS) is 17.3. The highest BCUT2D eigenvalue weighted by molar-refractivity contribution is 5.05. The molecule has 1 rings (SSSR count). The molecule has 1 aliphatic rings. The lowest BCUT2D eigenvalue weighted by molar-refractivity contribution is -0.0220. The van der Waals surface area contributed by atoms with Gasteiger partial charge in [0.1, 0.15) is 6.10 Å². The van der Waals surface area contributed by atoms with Crippen molar-refractivity contribution in [1.82, 2.24) is 0 Å². The fourth-order valence-corrected chi connectivity index (χ4v) is 2.45. The molecule has 1 saturated carbocycles. The van der Waals surface area contributed by atoms with Crippen LogP contribution in [0.15, 0.2) is 11.5 Å². The maximum absolute atomic E-state index is 10.00. The van der Waals surface area contributed by atoms with Crippen molar-refractivity contribution in [2.45, 2.75) is 65.9 Å². The summed E-state index contributed by atoms with van der Waals surface area (Å²) in [6.07, 6.45) is 5.81. The molecular formula is C14H26O2. The van der Waals surface area contributed by atoms with Gasteiger partial charge in [0.25, 0.3) is 5.95 Å². The van der Waals surface area contributed by atoms with Gasteiger partial charge < -0.3 is 9.84 Å². The summed E-state index contributed by atoms with van der Waals surface area (Å²) in [5, 5.41) is 10.00. The van der Waals surface area contributed by atoms with E-state index in [1.807, 2.05) is 0 Å². The SMILES string of the molecule is CC(C)C(OC(O)=C1CCCCC1)C(C)C. The van der Waals surface area contributed by atoms with E-state index in [9.17, 15) is 5.11 Å². The Morgan fingerprint density at radius 3 is 1.94 bits per heavy atom. The third kappa shape index (κ3) is 3.73. The first-order chi connectivity index (χ1) is 7.52. The van der Waals surface area contributed by atoms with Crippen molar-refractivity contribution in [1.29, 1.82) is 0 Å². The summed E-state index contributed by atoms with van der Waals surface area (Å²) in [6.45, 7) is 8.57. The van der Waals surface area contributed by atoms with Crippen LogP contribution in [-0.2, 0) is 4.74 Å². The summed E-state index contributed by atoms with van der Waals surface area (Å²) in [5.74, 6) is 1.09. The molecule has 0 heterocycles. The molecule has 2 nitrogen and oxygen atoms in total. The van der Waals surface area contributed by atoms with Crippen LogP contribution in [0.5, 0.6) is 0 Å². The van der Waals surface area contributed by atoms with Gasteiger partial charge >= 0.3 is 0 Å². The molecule has 94 valence electrons. The van der Waals surface area contributed by atoms with Gasteiger partial charge in [0.05, 0.1) is 0 Å². The van der Waals surface area contributed by atoms with Crippen LogP contribution in [-0.4, -0.2) is 11.2 Å². The van der Waals surface area contributed by atoms with E-state index in [4.69, 9.17) is 4.74 Å². The zero-order chi connectivity index (χ0) is 12.1. The number of allylic oxidation sites excluding steroid dienone is 1. The van der Waals surface area contributed by atoms with E-state index >= 15 is 0 Å². The van der Waals surface area contributed by atoms with E-state index in [1.165, 1.54) is 19.3 Å². The average Bonchev–Trinajstić information content (AvgIpc) is 2.25. The minimum absolute atomic E-state index is 0.120. The van der Waals surface area contributed by atoms with E-state index in [2.05, 4.69) is 27.7 Å². The molecule has 0 aromatic heterocycles. The van der Waals surface area contributed by atoms with Gasteiger partial charge in [0.2, 0.25) is 0 Å². The second kappa shape index (κ2) is 6.17. The first kappa shape index (κ1) is 13.4. The molecule has 0 saturated heterocycles. The van der Waals surface area contributed by atoms with Crippen molar-refractivity contribution < 1.29 is 9.84 Å². The first-order valence-electron chi connectivity index (χ1n) is 6.60. The molecule has 0 aromatic carbocycles. The Hall–Kier alpha value is -0.660. The number of aliphatic hydroxyl groups excluding tert-OH is 1. The number of hydrogen-bond donors (Lipinski definition) is 1. The van der Waals surface area contributed by atoms with Crippen LogP contribution in [0.2, 0.25) is 0 Å². The van der Waals surface area contributed by atoms with E-state index < -0.39 is 0 Å². The van der Waals surface area contributed by atoms with Crippen molar-refractivity contribution in [2.24, 2.45) is 11.8 Å². The Balaban J connectivity index is 2.62. The van der Waals surface area contributed by atoms with Crippen LogP contribution in [0.3, 0.4) is 0 Å². The van der Waals surface area contributed by atoms with Gasteiger partial charge in [-0.3, -0.25) is 0 Å². The van der Waals surface area contributed by atoms with Crippen molar-refractivity contribution in [3.05, 3.63) is 11.5 Å². The van der Waals surface area contributed by atoms with Gasteiger partial charge in [-0.1, -0.05) is 34.1 Å². The Labute approximate surface area is 99.7 Å². The molecule has 0 radical (unpaired) electrons. The lowest BCUT2D eigenvalue weighted by Gasteiger charge is -2.27. The fourth-order valence-electron chi connectivity index (χ4n) is 2.45. The second-order valence-electron chi connectivity index (χ2n) is 5.54. The zero-order valence-corrected chi connectivity index (χ0v) is 11.1. The van der Waals surface area contributed by atoms with Crippen molar-refractivity contribution in [3.8, 4) is 0 Å². The second-order valence-corrected chi connectivity index (χ2v) is 5.54. The van der Waals surface area contributed by atoms with Gasteiger partial charge in [0, 0.05) is 5.57 Å². The molecule has 0 aromatic rings. The van der Waals surface area contributed by atoms with Crippen LogP contribution < -0.4 is 0 Å². The predicted octanol–water partition coefficient (Wildman–Crippen LogP) is 4.42. The Bertz CT molecular complexity index is 225. The highest BCUT2D eigenvalue weighted by Gasteiger charge is 2.22. The Morgan fingerprint density at radius 1 is 1.00 bits per heavy atom. The van der Waals surface area contributed by atoms with Gasteiger partial charge in [-0.2, -0.15) is 0 Å². The summed E-state index contributed by atoms with van der Waals surface area (Å²) >= 11 is 0. The molecule has 0 spiro atoms. The number of hydrogen-bond acceptors (Lipinski definition) is 2. The minimum Gasteiger partial charge on any atom is -0.481 e. The standard InChI is InChI=1S/C14H26O2/c1-10(2)13(11(3)4)16-14(15)12-8-6-5-7-9-12/h10-11,13,15H,5-9H2,1-4H3. The first-order valence-corrected chi connectivity index (χ1v) is 6.60. The molecular weight excluding hydrogens is 200 g/mol. The van der Waals surface area contributed by atoms with Crippen LogP contribution in [0.25, 0.3) is 0 Å². The largest absolute Gasteiger partial charge is 0.481 e. The fraction of sp³-hybridized carbons (Fsp3) is 0.857. The van der Waals surface area contributed by atoms with Gasteiger partial charge in [-0.15, -0.1) is 0 Å². The molecule has 1 N–H and O–H groups in total. The molecule has 0 unspecified atom stereocenters. The Morgan fingerprint density at radius 2 is 1.50 bits per heavy atom. The Kier molecular flexibility index (Phi) is 5.17. The third-order valence-electron chi connectivity index (χ3n) is 3.32. The van der Waals surface area contributed by atoms with E-state index in [0.717, 1.165) is 18.4 Å². The molecule has 2 heteroatoms. The highest BCUT2D eigenvalue weighted by atomic mass is 16.6. The summed E-state index contributed by atoms with van der Waals surface area (Å²) in [6, 6.07) is 0. The van der Waals surface area contributed by atoms with Crippen LogP contribution in [0.4, 0.5) is 0 Å². The quantitative estimate of drug-likeness (QED) is 0.719. The van der Waals surface area contributed by atoms with Crippen molar-refractivity contribution in [3.63, 3.8) is 0 Å². The number of rotatable bonds is 4. The monoisotopic (exact) mass is 226 g/mol. The van der Waals surface area contributed by atoms with Crippen molar-refractivity contribution in [2.75, 3.05) is 0 Å². The summed E-state index contributed by atoms with van der Waals surface area (Å²) in [4.78, 5) is 0. The molecule has 0 aliphatic heterocycles. The number of ether oxygens (including phenoxy) is 1. The lowest BCUT2D eigenvalue weighted by Crippen LogP contribution is -2.26. The summed E-state index contributed by atoms with van der Waals surface area (Å²) in [7, 11) is 0. The van der Waals surface area contributed by atoms with Gasteiger partial charge in [0.15, 0.2) is 0 Å². The third-order valence-corrected chi connectivity index (χ3v) is 3.32. The molecule has 1 fully saturated rings. The predicted molar refractivity (Wildman–Crippen MR) is 67.3 cm³/mol. The summed E-state index contributed by atoms with van der Waals surface area (Å²) < 4.78 is 5.75. The van der Waals surface area contributed by atoms with Gasteiger partial charge in [-0.05, 0) is 37.5 Å². The number of aliphatic hydroxyl groups is 1. The molecule has 0 bridgehead atoms. The van der Waals surface area contributed by atoms with Crippen molar-refractivity contribution >= 4 is 0 Å². The smallest absolute Gasteiger partial charge is 0.276 e. The van der Waals surface area contributed by atoms with E-state index in [0.29, 0.717) is 11.8 Å². The van der Waals surface area contributed by atoms with Crippen LogP contribution in [0.1, 0.15) is 59.8 Å². The van der Waals surface area contributed by atoms with E-state index in [1.54, 1.807) is 0 Å². The highest BCUT2D eigenvalue weighted by Crippen LogP contribution is 2.27. The zero-order valence-electron chi connectivity index (χ0n) is 11.1. The average molecular weight is 226 g/mol. The maximum atomic E-state index is 10.00. The molecule has 0 amide bonds. The van der Waals surface area contributed by atoms with Crippen LogP contribution in [0, 0.1) is 11.8 Å².